The number of H-pyrrole nitrogens is 1. The van der Waals surface area contributed by atoms with E-state index in [0.717, 1.165) is 41.0 Å². The van der Waals surface area contributed by atoms with Crippen molar-refractivity contribution in [2.24, 2.45) is 11.8 Å². The molecule has 2 saturated heterocycles. The number of hydrogen-bond donors (Lipinski definition) is 5. The highest BCUT2D eigenvalue weighted by atomic mass is 19.1. The Bertz CT molecular complexity index is 1450. The number of para-hydroxylation sites is 1. The number of rotatable bonds is 5. The van der Waals surface area contributed by atoms with E-state index in [1.165, 1.54) is 6.07 Å². The van der Waals surface area contributed by atoms with Crippen molar-refractivity contribution in [3.8, 4) is 11.1 Å². The van der Waals surface area contributed by atoms with Gasteiger partial charge >= 0.3 is 0 Å². The maximum absolute atomic E-state index is 14.6. The Morgan fingerprint density at radius 3 is 2.76 bits per heavy atom. The Morgan fingerprint density at radius 1 is 1.08 bits per heavy atom. The number of nitrogens with one attached hydrogen (secondary N) is 5. The van der Waals surface area contributed by atoms with E-state index in [1.807, 2.05) is 50.4 Å². The topological polar surface area (TPSA) is 107 Å². The molecule has 8 nitrogen and oxygen atoms in total. The molecule has 0 bridgehead atoms. The summed E-state index contributed by atoms with van der Waals surface area (Å²) in [5, 5.41) is 6.56. The van der Waals surface area contributed by atoms with Crippen molar-refractivity contribution in [2.45, 2.75) is 38.4 Å². The van der Waals surface area contributed by atoms with Crippen molar-refractivity contribution in [2.75, 3.05) is 11.9 Å². The minimum Gasteiger partial charge on any atom is -0.341 e. The van der Waals surface area contributed by atoms with E-state index in [9.17, 15) is 9.18 Å². The van der Waals surface area contributed by atoms with E-state index in [4.69, 9.17) is 4.98 Å². The number of aromatic amines is 1. The van der Waals surface area contributed by atoms with Crippen molar-refractivity contribution < 1.29 is 9.18 Å². The van der Waals surface area contributed by atoms with Crippen molar-refractivity contribution in [3.05, 3.63) is 78.1 Å². The van der Waals surface area contributed by atoms with Crippen LogP contribution in [0.4, 0.5) is 10.1 Å². The molecule has 1 amide bonds. The third kappa shape index (κ3) is 4.50. The van der Waals surface area contributed by atoms with Crippen LogP contribution in [0.25, 0.3) is 22.2 Å². The maximum atomic E-state index is 14.6. The first kappa shape index (κ1) is 23.7. The molecule has 0 spiro atoms. The first-order valence-corrected chi connectivity index (χ1v) is 12.7. The van der Waals surface area contributed by atoms with E-state index in [1.54, 1.807) is 18.3 Å². The van der Waals surface area contributed by atoms with Gasteiger partial charge in [-0.1, -0.05) is 44.2 Å². The zero-order chi connectivity index (χ0) is 25.5. The molecule has 4 unspecified atom stereocenters. The van der Waals surface area contributed by atoms with E-state index in [-0.39, 0.29) is 41.7 Å². The molecule has 9 heteroatoms. The Kier molecular flexibility index (Phi) is 6.19. The number of anilines is 1. The molecule has 2 aliphatic heterocycles. The fourth-order valence-electron chi connectivity index (χ4n) is 5.39. The molecular weight excluding hydrogens is 469 g/mol. The highest BCUT2D eigenvalue weighted by molar-refractivity contribution is 5.92. The molecule has 0 radical (unpaired) electrons. The first-order chi connectivity index (χ1) is 18.0. The maximum Gasteiger partial charge on any atom is 0.226 e. The van der Waals surface area contributed by atoms with Crippen LogP contribution >= 0.6 is 0 Å². The van der Waals surface area contributed by atoms with Gasteiger partial charge in [0.2, 0.25) is 5.91 Å². The summed E-state index contributed by atoms with van der Waals surface area (Å²) in [6.07, 6.45) is 4.39. The number of imidazole rings is 1. The van der Waals surface area contributed by atoms with E-state index in [2.05, 4.69) is 31.5 Å². The van der Waals surface area contributed by atoms with Gasteiger partial charge in [-0.3, -0.25) is 15.2 Å². The second kappa shape index (κ2) is 9.66. The fourth-order valence-corrected chi connectivity index (χ4v) is 5.39. The van der Waals surface area contributed by atoms with E-state index >= 15 is 0 Å². The molecule has 4 atom stereocenters. The van der Waals surface area contributed by atoms with Crippen molar-refractivity contribution >= 4 is 22.6 Å². The largest absolute Gasteiger partial charge is 0.341 e. The Balaban J connectivity index is 1.27. The van der Waals surface area contributed by atoms with Crippen LogP contribution < -0.4 is 21.5 Å². The number of amides is 1. The number of fused-ring (bicyclic) bond motifs is 2. The second-order valence-corrected chi connectivity index (χ2v) is 10.2. The number of aromatic nitrogens is 3. The number of nitrogens with zero attached hydrogens (tertiary/aromatic N) is 2. The number of hydrogen-bond acceptors (Lipinski definition) is 6. The number of hydrazine groups is 1. The third-order valence-electron chi connectivity index (χ3n) is 7.40. The van der Waals surface area contributed by atoms with Crippen LogP contribution in [0.15, 0.2) is 60.9 Å². The van der Waals surface area contributed by atoms with Crippen LogP contribution in [0.1, 0.15) is 43.7 Å². The Labute approximate surface area is 214 Å². The molecule has 2 fully saturated rings. The summed E-state index contributed by atoms with van der Waals surface area (Å²) >= 11 is 0. The van der Waals surface area contributed by atoms with Crippen molar-refractivity contribution in [1.82, 2.24) is 31.1 Å². The lowest BCUT2D eigenvalue weighted by atomic mass is 9.82. The summed E-state index contributed by atoms with van der Waals surface area (Å²) in [6.45, 7) is 4.52. The summed E-state index contributed by atoms with van der Waals surface area (Å²) in [4.78, 5) is 25.0. The monoisotopic (exact) mass is 499 g/mol. The minimum absolute atomic E-state index is 0.0282. The van der Waals surface area contributed by atoms with Crippen molar-refractivity contribution in [3.63, 3.8) is 0 Å². The van der Waals surface area contributed by atoms with Crippen LogP contribution in [0.5, 0.6) is 0 Å². The number of carbonyl (C=O) groups is 1. The highest BCUT2D eigenvalue weighted by Gasteiger charge is 2.42. The minimum atomic E-state index is -0.262. The molecule has 4 aromatic rings. The van der Waals surface area contributed by atoms with Crippen LogP contribution in [-0.4, -0.2) is 33.4 Å². The van der Waals surface area contributed by atoms with Crippen LogP contribution in [0, 0.1) is 17.7 Å². The normalized spacial score (nSPS) is 23.4. The number of pyridine rings is 1. The lowest BCUT2D eigenvalue weighted by Crippen LogP contribution is -2.46. The van der Waals surface area contributed by atoms with E-state index < -0.39 is 0 Å². The molecule has 6 rings (SSSR count). The number of halogens is 1. The Hall–Kier alpha value is -3.66. The average Bonchev–Trinajstić information content (AvgIpc) is 3.53. The van der Waals surface area contributed by atoms with Gasteiger partial charge in [0, 0.05) is 47.8 Å². The molecule has 2 aromatic carbocycles. The highest BCUT2D eigenvalue weighted by Crippen LogP contribution is 2.39. The van der Waals surface area contributed by atoms with Gasteiger partial charge in [0.25, 0.3) is 0 Å². The fraction of sp³-hybridized carbons (Fsp3) is 0.321. The standard InChI is InChI=1S/C28H30FN7O/c1-15(2)28(37)32-17-10-16(12-30-13-17)23-11-20-24(14-31-23)35-36-26(20)27-33-22-9-5-7-19(25(22)34-27)18-6-3-4-8-21(18)29/h3-10,12-13,15,20,23-24,26,31,35-36H,11,14H2,1-2H3,(H,32,37)(H,33,34). The molecular formula is C28H30FN7O. The van der Waals surface area contributed by atoms with Gasteiger partial charge in [-0.15, -0.1) is 0 Å². The van der Waals surface area contributed by atoms with Gasteiger partial charge in [-0.25, -0.2) is 14.8 Å². The lowest BCUT2D eigenvalue weighted by molar-refractivity contribution is -0.118. The predicted octanol–water partition coefficient (Wildman–Crippen LogP) is 4.23. The molecule has 37 heavy (non-hydrogen) atoms. The molecule has 0 saturated carbocycles. The van der Waals surface area contributed by atoms with Gasteiger partial charge in [0.15, 0.2) is 0 Å². The van der Waals surface area contributed by atoms with E-state index in [0.29, 0.717) is 11.3 Å². The Morgan fingerprint density at radius 2 is 1.92 bits per heavy atom. The molecule has 2 aliphatic rings. The average molecular weight is 500 g/mol. The summed E-state index contributed by atoms with van der Waals surface area (Å²) < 4.78 is 14.6. The smallest absolute Gasteiger partial charge is 0.226 e. The second-order valence-electron chi connectivity index (χ2n) is 10.2. The molecule has 4 heterocycles. The van der Waals surface area contributed by atoms with Crippen LogP contribution in [-0.2, 0) is 4.79 Å². The van der Waals surface area contributed by atoms with Gasteiger partial charge in [0.05, 0.1) is 29.0 Å². The SMILES string of the molecule is CC(C)C(=O)Nc1cncc(C2CC3C(CN2)NNC3c2nc3c(-c4ccccc4F)cccc3[nH]2)c1. The van der Waals surface area contributed by atoms with Gasteiger partial charge in [-0.2, -0.15) is 0 Å². The summed E-state index contributed by atoms with van der Waals surface area (Å²) in [5.41, 5.74) is 11.6. The first-order valence-electron chi connectivity index (χ1n) is 12.7. The molecule has 0 aliphatic carbocycles. The zero-order valence-electron chi connectivity index (χ0n) is 20.8. The summed E-state index contributed by atoms with van der Waals surface area (Å²) in [6, 6.07) is 14.9. The lowest BCUT2D eigenvalue weighted by Gasteiger charge is -2.34. The van der Waals surface area contributed by atoms with Crippen molar-refractivity contribution in [1.29, 1.82) is 0 Å². The van der Waals surface area contributed by atoms with Gasteiger partial charge in [0.1, 0.15) is 11.6 Å². The predicted molar refractivity (Wildman–Crippen MR) is 141 cm³/mol. The number of benzene rings is 2. The molecule has 190 valence electrons. The number of piperidine rings is 1. The third-order valence-corrected chi connectivity index (χ3v) is 7.40. The quantitative estimate of drug-likeness (QED) is 0.281. The number of carbonyl (C=O) groups excluding carboxylic acids is 1. The summed E-state index contributed by atoms with van der Waals surface area (Å²) in [5.74, 6) is 0.700. The van der Waals surface area contributed by atoms with Gasteiger partial charge in [-0.05, 0) is 30.2 Å². The van der Waals surface area contributed by atoms with Gasteiger partial charge < -0.3 is 15.6 Å². The van der Waals surface area contributed by atoms with Crippen LogP contribution in [0.2, 0.25) is 0 Å². The zero-order valence-corrected chi connectivity index (χ0v) is 20.8. The molecule has 2 aromatic heterocycles. The summed E-state index contributed by atoms with van der Waals surface area (Å²) in [7, 11) is 0. The van der Waals surface area contributed by atoms with Crippen LogP contribution in [0.3, 0.4) is 0 Å². The molecule has 5 N–H and O–H groups in total.